The first-order chi connectivity index (χ1) is 7.06. The molecule has 0 saturated heterocycles. The van der Waals surface area contributed by atoms with Gasteiger partial charge in [-0.25, -0.2) is 4.79 Å². The standard InChI is InChI=1S/C11H22O3Si/c1-6-11(12)14-10(5)15(8-3,9-4)13-7-2/h6,10H,1,7-9H2,2-5H3. The molecule has 0 aliphatic heterocycles. The van der Waals surface area contributed by atoms with E-state index in [0.717, 1.165) is 12.1 Å². The van der Waals surface area contributed by atoms with Crippen molar-refractivity contribution in [2.45, 2.75) is 45.5 Å². The van der Waals surface area contributed by atoms with E-state index in [-0.39, 0.29) is 11.7 Å². The van der Waals surface area contributed by atoms with E-state index in [1.54, 1.807) is 0 Å². The second kappa shape index (κ2) is 6.79. The third kappa shape index (κ3) is 3.79. The van der Waals surface area contributed by atoms with Crippen molar-refractivity contribution in [3.8, 4) is 0 Å². The molecule has 0 aromatic rings. The number of rotatable bonds is 7. The van der Waals surface area contributed by atoms with E-state index in [0.29, 0.717) is 6.61 Å². The van der Waals surface area contributed by atoms with Crippen molar-refractivity contribution >= 4 is 14.3 Å². The Morgan fingerprint density at radius 1 is 1.40 bits per heavy atom. The number of esters is 1. The van der Waals surface area contributed by atoms with Gasteiger partial charge in [0.25, 0.3) is 0 Å². The van der Waals surface area contributed by atoms with Crippen molar-refractivity contribution in [2.24, 2.45) is 0 Å². The number of hydrogen-bond acceptors (Lipinski definition) is 3. The zero-order valence-electron chi connectivity index (χ0n) is 10.2. The highest BCUT2D eigenvalue weighted by atomic mass is 28.4. The smallest absolute Gasteiger partial charge is 0.330 e. The van der Waals surface area contributed by atoms with Crippen molar-refractivity contribution in [3.05, 3.63) is 12.7 Å². The van der Waals surface area contributed by atoms with E-state index >= 15 is 0 Å². The van der Waals surface area contributed by atoms with Crippen molar-refractivity contribution in [3.63, 3.8) is 0 Å². The number of ether oxygens (including phenoxy) is 1. The molecule has 15 heavy (non-hydrogen) atoms. The molecule has 0 aliphatic rings. The van der Waals surface area contributed by atoms with Crippen LogP contribution >= 0.6 is 0 Å². The van der Waals surface area contributed by atoms with Gasteiger partial charge in [-0.1, -0.05) is 20.4 Å². The minimum absolute atomic E-state index is 0.113. The number of carbonyl (C=O) groups is 1. The molecule has 0 aromatic heterocycles. The molecule has 1 unspecified atom stereocenters. The minimum Gasteiger partial charge on any atom is -0.460 e. The minimum atomic E-state index is -1.92. The van der Waals surface area contributed by atoms with Gasteiger partial charge < -0.3 is 9.16 Å². The van der Waals surface area contributed by atoms with Gasteiger partial charge in [0.05, 0.1) is 0 Å². The Hall–Kier alpha value is -0.613. The Kier molecular flexibility index (Phi) is 6.52. The molecule has 1 atom stereocenters. The van der Waals surface area contributed by atoms with Crippen LogP contribution in [0.3, 0.4) is 0 Å². The fourth-order valence-electron chi connectivity index (χ4n) is 1.76. The van der Waals surface area contributed by atoms with Crippen molar-refractivity contribution in [1.29, 1.82) is 0 Å². The second-order valence-corrected chi connectivity index (χ2v) is 8.13. The molecule has 0 aromatic carbocycles. The van der Waals surface area contributed by atoms with Crippen LogP contribution in [0.4, 0.5) is 0 Å². The molecule has 0 N–H and O–H groups in total. The third-order valence-corrected chi connectivity index (χ3v) is 7.69. The third-order valence-electron chi connectivity index (χ3n) is 2.83. The summed E-state index contributed by atoms with van der Waals surface area (Å²) < 4.78 is 11.1. The molecular formula is C11H22O3Si. The molecule has 0 saturated carbocycles. The lowest BCUT2D eigenvalue weighted by atomic mass is 10.6. The Labute approximate surface area is 93.6 Å². The van der Waals surface area contributed by atoms with Crippen LogP contribution in [-0.4, -0.2) is 26.6 Å². The van der Waals surface area contributed by atoms with Gasteiger partial charge in [0.1, 0.15) is 5.73 Å². The van der Waals surface area contributed by atoms with Gasteiger partial charge >= 0.3 is 5.97 Å². The van der Waals surface area contributed by atoms with Crippen LogP contribution in [0.2, 0.25) is 12.1 Å². The summed E-state index contributed by atoms with van der Waals surface area (Å²) in [6.45, 7) is 12.2. The summed E-state index contributed by atoms with van der Waals surface area (Å²) >= 11 is 0. The maximum atomic E-state index is 11.1. The van der Waals surface area contributed by atoms with E-state index in [9.17, 15) is 4.79 Å². The Bertz CT molecular complexity index is 212. The SMILES string of the molecule is C=CC(=O)OC(C)[Si](CC)(CC)OCC. The summed E-state index contributed by atoms with van der Waals surface area (Å²) in [6.07, 6.45) is 1.20. The molecule has 88 valence electrons. The maximum absolute atomic E-state index is 11.1. The topological polar surface area (TPSA) is 35.5 Å². The quantitative estimate of drug-likeness (QED) is 0.383. The zero-order valence-corrected chi connectivity index (χ0v) is 11.2. The van der Waals surface area contributed by atoms with E-state index < -0.39 is 8.32 Å². The van der Waals surface area contributed by atoms with Gasteiger partial charge in [-0.05, 0) is 25.9 Å². The van der Waals surface area contributed by atoms with E-state index in [1.807, 2.05) is 13.8 Å². The summed E-state index contributed by atoms with van der Waals surface area (Å²) in [6, 6.07) is 1.92. The highest BCUT2D eigenvalue weighted by Gasteiger charge is 2.39. The number of hydrogen-bond donors (Lipinski definition) is 0. The zero-order chi connectivity index (χ0) is 11.9. The largest absolute Gasteiger partial charge is 0.460 e. The second-order valence-electron chi connectivity index (χ2n) is 3.49. The molecule has 0 radical (unpaired) electrons. The molecule has 0 heterocycles. The molecule has 0 fully saturated rings. The molecule has 0 bridgehead atoms. The van der Waals surface area contributed by atoms with Crippen LogP contribution in [0.15, 0.2) is 12.7 Å². The van der Waals surface area contributed by atoms with Crippen molar-refractivity contribution < 1.29 is 14.0 Å². The molecule has 4 heteroatoms. The van der Waals surface area contributed by atoms with Gasteiger partial charge in [0.2, 0.25) is 8.32 Å². The van der Waals surface area contributed by atoms with Gasteiger partial charge in [-0.2, -0.15) is 0 Å². The summed E-state index contributed by atoms with van der Waals surface area (Å²) in [4.78, 5) is 11.1. The van der Waals surface area contributed by atoms with Crippen LogP contribution < -0.4 is 0 Å². The monoisotopic (exact) mass is 230 g/mol. The first kappa shape index (κ1) is 14.4. The summed E-state index contributed by atoms with van der Waals surface area (Å²) in [7, 11) is -1.92. The molecule has 0 rings (SSSR count). The van der Waals surface area contributed by atoms with Crippen LogP contribution in [0.5, 0.6) is 0 Å². The lowest BCUT2D eigenvalue weighted by molar-refractivity contribution is -0.139. The van der Waals surface area contributed by atoms with Crippen LogP contribution in [0.1, 0.15) is 27.7 Å². The van der Waals surface area contributed by atoms with E-state index in [4.69, 9.17) is 9.16 Å². The predicted octanol–water partition coefficient (Wildman–Crippen LogP) is 2.67. The fourth-order valence-corrected chi connectivity index (χ4v) is 4.96. The van der Waals surface area contributed by atoms with Gasteiger partial charge in [0, 0.05) is 12.7 Å². The predicted molar refractivity (Wildman–Crippen MR) is 64.1 cm³/mol. The summed E-state index contributed by atoms with van der Waals surface area (Å²) in [5.41, 5.74) is -0.113. The first-order valence-electron chi connectivity index (χ1n) is 5.53. The van der Waals surface area contributed by atoms with Crippen LogP contribution in [0, 0.1) is 0 Å². The maximum Gasteiger partial charge on any atom is 0.330 e. The number of carbonyl (C=O) groups excluding carboxylic acids is 1. The van der Waals surface area contributed by atoms with Crippen LogP contribution in [-0.2, 0) is 14.0 Å². The summed E-state index contributed by atoms with van der Waals surface area (Å²) in [5, 5.41) is 0. The average Bonchev–Trinajstić information content (AvgIpc) is 2.25. The average molecular weight is 230 g/mol. The Morgan fingerprint density at radius 2 is 1.93 bits per heavy atom. The lowest BCUT2D eigenvalue weighted by Crippen LogP contribution is -2.50. The van der Waals surface area contributed by atoms with Crippen molar-refractivity contribution in [2.75, 3.05) is 6.61 Å². The normalized spacial score (nSPS) is 13.3. The first-order valence-corrected chi connectivity index (χ1v) is 7.93. The van der Waals surface area contributed by atoms with Gasteiger partial charge in [-0.3, -0.25) is 0 Å². The Morgan fingerprint density at radius 3 is 2.27 bits per heavy atom. The van der Waals surface area contributed by atoms with E-state index in [2.05, 4.69) is 20.4 Å². The van der Waals surface area contributed by atoms with Crippen molar-refractivity contribution in [1.82, 2.24) is 0 Å². The fraction of sp³-hybridized carbons (Fsp3) is 0.727. The van der Waals surface area contributed by atoms with E-state index in [1.165, 1.54) is 6.08 Å². The summed E-state index contributed by atoms with van der Waals surface area (Å²) in [5.74, 6) is -0.360. The van der Waals surface area contributed by atoms with Crippen LogP contribution in [0.25, 0.3) is 0 Å². The molecule has 0 spiro atoms. The molecular weight excluding hydrogens is 208 g/mol. The lowest BCUT2D eigenvalue weighted by Gasteiger charge is -2.33. The molecule has 3 nitrogen and oxygen atoms in total. The van der Waals surface area contributed by atoms with Gasteiger partial charge in [0.15, 0.2) is 0 Å². The van der Waals surface area contributed by atoms with Gasteiger partial charge in [-0.15, -0.1) is 0 Å². The highest BCUT2D eigenvalue weighted by Crippen LogP contribution is 2.23. The molecule has 0 amide bonds. The highest BCUT2D eigenvalue weighted by molar-refractivity contribution is 6.75. The molecule has 0 aliphatic carbocycles. The Balaban J connectivity index is 4.59.